The minimum absolute atomic E-state index is 0.0245. The number of primary amides is 1. The Kier molecular flexibility index (Phi) is 5.13. The average Bonchev–Trinajstić information content (AvgIpc) is 3.27. The molecular formula is C30H37N9O5. The molecule has 4 aromatic heterocycles. The van der Waals surface area contributed by atoms with E-state index in [0.717, 1.165) is 23.9 Å². The van der Waals surface area contributed by atoms with Crippen molar-refractivity contribution in [2.45, 2.75) is 69.0 Å². The molecule has 14 nitrogen and oxygen atoms in total. The minimum atomic E-state index is -3.01. The van der Waals surface area contributed by atoms with Gasteiger partial charge in [-0.3, -0.25) is 13.9 Å². The van der Waals surface area contributed by atoms with Crippen molar-refractivity contribution in [1.82, 2.24) is 34.2 Å². The number of fused-ring (bicyclic) bond motifs is 2. The van der Waals surface area contributed by atoms with Crippen LogP contribution in [0.1, 0.15) is 72.7 Å². The fraction of sp³-hybridized carbons (Fsp3) is 0.533. The van der Waals surface area contributed by atoms with E-state index in [-0.39, 0.29) is 47.9 Å². The van der Waals surface area contributed by atoms with Gasteiger partial charge in [-0.2, -0.15) is 5.10 Å². The number of aromatic nitrogens is 6. The van der Waals surface area contributed by atoms with Gasteiger partial charge in [0.2, 0.25) is 5.91 Å². The van der Waals surface area contributed by atoms with Crippen molar-refractivity contribution in [3.63, 3.8) is 0 Å². The molecule has 4 aromatic rings. The van der Waals surface area contributed by atoms with Crippen LogP contribution in [-0.4, -0.2) is 67.2 Å². The number of hydrogen-bond donors (Lipinski definition) is 3. The van der Waals surface area contributed by atoms with Crippen molar-refractivity contribution >= 4 is 45.7 Å². The quantitative estimate of drug-likeness (QED) is 0.284. The number of aryl methyl sites for hydroxylation is 1. The van der Waals surface area contributed by atoms with Crippen LogP contribution in [0.3, 0.4) is 0 Å². The molecule has 3 fully saturated rings. The van der Waals surface area contributed by atoms with Gasteiger partial charge in [0.15, 0.2) is 5.65 Å². The van der Waals surface area contributed by atoms with Crippen LogP contribution >= 0.6 is 0 Å². The lowest BCUT2D eigenvalue weighted by Gasteiger charge is -2.20. The average molecular weight is 611 g/mol. The van der Waals surface area contributed by atoms with E-state index < -0.39 is 49.3 Å². The molecule has 0 radical (unpaired) electrons. The first-order valence-corrected chi connectivity index (χ1v) is 14.6. The number of ether oxygens (including phenoxy) is 2. The molecule has 4 atom stereocenters. The summed E-state index contributed by atoms with van der Waals surface area (Å²) in [5.41, 5.74) is 5.58. The zero-order valence-corrected chi connectivity index (χ0v) is 24.0. The van der Waals surface area contributed by atoms with Crippen molar-refractivity contribution in [2.75, 3.05) is 25.6 Å². The predicted molar refractivity (Wildman–Crippen MR) is 162 cm³/mol. The van der Waals surface area contributed by atoms with Crippen molar-refractivity contribution in [2.24, 2.45) is 18.6 Å². The van der Waals surface area contributed by atoms with E-state index in [1.54, 1.807) is 10.7 Å². The van der Waals surface area contributed by atoms with Gasteiger partial charge in [-0.05, 0) is 56.6 Å². The summed E-state index contributed by atoms with van der Waals surface area (Å²) in [6.07, 6.45) is 2.13. The van der Waals surface area contributed by atoms with Crippen LogP contribution < -0.4 is 22.1 Å². The highest BCUT2D eigenvalue weighted by atomic mass is 16.5. The molecule has 14 heteroatoms. The first-order valence-electron chi connectivity index (χ1n) is 18.1. The van der Waals surface area contributed by atoms with E-state index in [1.807, 2.05) is 13.0 Å². The van der Waals surface area contributed by atoms with Gasteiger partial charge in [0.25, 0.3) is 0 Å². The Morgan fingerprint density at radius 3 is 2.75 bits per heavy atom. The molecular weight excluding hydrogens is 566 g/mol. The van der Waals surface area contributed by atoms with Gasteiger partial charge >= 0.3 is 11.8 Å². The number of pyridine rings is 2. The number of alkyl carbamates (subject to hydrolysis) is 1. The van der Waals surface area contributed by atoms with Crippen molar-refractivity contribution in [1.29, 1.82) is 0 Å². The number of hydrogen-bond acceptors (Lipinski definition) is 9. The Morgan fingerprint density at radius 1 is 1.20 bits per heavy atom. The number of carbonyl (C=O) groups is 2. The smallest absolute Gasteiger partial charge is 0.407 e. The Morgan fingerprint density at radius 2 is 2.02 bits per heavy atom. The van der Waals surface area contributed by atoms with Gasteiger partial charge in [0.1, 0.15) is 17.2 Å². The summed E-state index contributed by atoms with van der Waals surface area (Å²) >= 11 is 0. The number of amides is 2. The first kappa shape index (κ1) is 21.3. The maximum absolute atomic E-state index is 13.7. The first-order chi connectivity index (χ1) is 23.9. The predicted octanol–water partition coefficient (Wildman–Crippen LogP) is 2.79. The van der Waals surface area contributed by atoms with Crippen LogP contribution in [0.5, 0.6) is 0 Å². The van der Waals surface area contributed by atoms with Crippen LogP contribution in [0.15, 0.2) is 29.2 Å². The third-order valence-corrected chi connectivity index (χ3v) is 9.26. The second-order valence-corrected chi connectivity index (χ2v) is 11.8. The highest BCUT2D eigenvalue weighted by Gasteiger charge is 2.60. The number of nitrogens with two attached hydrogens (primary N) is 1. The van der Waals surface area contributed by atoms with Gasteiger partial charge in [-0.25, -0.2) is 24.2 Å². The van der Waals surface area contributed by atoms with Crippen molar-refractivity contribution in [3.05, 3.63) is 40.6 Å². The second-order valence-electron chi connectivity index (χ2n) is 11.8. The van der Waals surface area contributed by atoms with E-state index in [4.69, 9.17) is 30.1 Å². The normalized spacial score (nSPS) is 30.0. The fourth-order valence-electron chi connectivity index (χ4n) is 6.79. The van der Waals surface area contributed by atoms with Gasteiger partial charge < -0.3 is 25.8 Å². The Hall–Kier alpha value is -4.46. The lowest BCUT2D eigenvalue weighted by molar-refractivity contribution is -0.123. The Labute approximate surface area is 262 Å². The summed E-state index contributed by atoms with van der Waals surface area (Å²) < 4.78 is 67.8. The van der Waals surface area contributed by atoms with Gasteiger partial charge in [-0.1, -0.05) is 6.92 Å². The highest BCUT2D eigenvalue weighted by Crippen LogP contribution is 2.51. The summed E-state index contributed by atoms with van der Waals surface area (Å²) in [5.74, 6) is 0.151. The van der Waals surface area contributed by atoms with E-state index in [2.05, 4.69) is 20.4 Å². The number of nitrogens with zero attached hydrogens (tertiary/aromatic N) is 6. The van der Waals surface area contributed by atoms with Crippen LogP contribution in [0.2, 0.25) is 0 Å². The summed E-state index contributed by atoms with van der Waals surface area (Å²) in [6, 6.07) is 2.71. The summed E-state index contributed by atoms with van der Waals surface area (Å²) in [7, 11) is -3.01. The number of anilines is 2. The van der Waals surface area contributed by atoms with E-state index in [1.165, 1.54) is 16.8 Å². The molecule has 2 saturated carbocycles. The molecule has 2 amide bonds. The molecule has 0 bridgehead atoms. The zero-order valence-electron chi connectivity index (χ0n) is 31.0. The topological polar surface area (TPSA) is 173 Å². The van der Waals surface area contributed by atoms with Crippen LogP contribution in [0, 0.1) is 5.92 Å². The third kappa shape index (κ3) is 4.50. The van der Waals surface area contributed by atoms with Crippen molar-refractivity contribution in [3.8, 4) is 0 Å². The van der Waals surface area contributed by atoms with Crippen LogP contribution in [0.4, 0.5) is 16.4 Å². The third-order valence-electron chi connectivity index (χ3n) is 9.26. The molecule has 7 rings (SSSR count). The SMILES string of the molecule is [2H]C([2H])([2H])OC(=O)N[C@]1([2H])CC[C@@H](n2c(=O)n(C([2H])([2H])[2H])c3cnc(Nc4ccc5c(C6CCOCC6)nn([C@@]6(C(N)=O)C[C@@H]6C)c5n4)cc32)C1. The molecule has 0 unspecified atom stereocenters. The lowest BCUT2D eigenvalue weighted by Crippen LogP contribution is -2.36. The van der Waals surface area contributed by atoms with Crippen LogP contribution in [0.25, 0.3) is 22.1 Å². The Balaban J connectivity index is 1.25. The molecule has 0 aromatic carbocycles. The summed E-state index contributed by atoms with van der Waals surface area (Å²) in [6.45, 7) is 0.276. The molecule has 3 aliphatic rings. The van der Waals surface area contributed by atoms with E-state index >= 15 is 0 Å². The molecule has 1 saturated heterocycles. The monoisotopic (exact) mass is 610 g/mol. The molecule has 5 heterocycles. The standard InChI is InChI=1S/C30H37N9O5/c1-16-14-30(16,27(31)40)39-26-20(25(36-39)17-8-10-44-11-9-17)6-7-23(35-26)34-24-13-21-22(15-32-24)37(2)29(42)38(21)19-5-4-18(12-19)33-28(41)43-3/h6-7,13,15-19H,4-5,8-12,14H2,1-3H3,(H2,31,40)(H,33,41)(H,32,34,35)/t16-,18+,19+,30-/m0/s1/i2D3,3D3,18D. The maximum atomic E-state index is 13.7. The zero-order chi connectivity index (χ0) is 36.7. The molecule has 2 aliphatic carbocycles. The van der Waals surface area contributed by atoms with Gasteiger partial charge in [0.05, 0.1) is 35.4 Å². The van der Waals surface area contributed by atoms with Crippen LogP contribution in [-0.2, 0) is 26.8 Å². The maximum Gasteiger partial charge on any atom is 0.407 e. The largest absolute Gasteiger partial charge is 0.453 e. The highest BCUT2D eigenvalue weighted by molar-refractivity contribution is 5.90. The fourth-order valence-corrected chi connectivity index (χ4v) is 6.79. The summed E-state index contributed by atoms with van der Waals surface area (Å²) in [5, 5.41) is 11.1. The lowest BCUT2D eigenvalue weighted by atomic mass is 9.95. The number of imidazole rings is 1. The van der Waals surface area contributed by atoms with E-state index in [0.29, 0.717) is 35.7 Å². The van der Waals surface area contributed by atoms with Gasteiger partial charge in [0, 0.05) is 53.7 Å². The van der Waals surface area contributed by atoms with Gasteiger partial charge in [-0.15, -0.1) is 0 Å². The molecule has 4 N–H and O–H groups in total. The van der Waals surface area contributed by atoms with E-state index in [9.17, 15) is 14.4 Å². The summed E-state index contributed by atoms with van der Waals surface area (Å²) in [4.78, 5) is 47.9. The minimum Gasteiger partial charge on any atom is -0.453 e. The number of carbonyl (C=O) groups excluding carboxylic acids is 2. The number of methoxy groups -OCH3 is 1. The Bertz CT molecular complexity index is 2110. The molecule has 0 spiro atoms. The number of rotatable bonds is 7. The molecule has 232 valence electrons. The number of nitrogens with one attached hydrogen (secondary N) is 2. The van der Waals surface area contributed by atoms with Crippen molar-refractivity contribution < 1.29 is 28.7 Å². The molecule has 1 aliphatic heterocycles. The second kappa shape index (κ2) is 10.6. The molecule has 44 heavy (non-hydrogen) atoms.